The summed E-state index contributed by atoms with van der Waals surface area (Å²) in [4.78, 5) is 9.58. The van der Waals surface area contributed by atoms with Crippen molar-refractivity contribution in [1.82, 2.24) is 9.97 Å². The molecule has 27 heavy (non-hydrogen) atoms. The van der Waals surface area contributed by atoms with E-state index in [4.69, 9.17) is 9.97 Å². The molecule has 132 valence electrons. The highest BCUT2D eigenvalue weighted by atomic mass is 15.0. The van der Waals surface area contributed by atoms with Gasteiger partial charge in [-0.05, 0) is 31.0 Å². The summed E-state index contributed by atoms with van der Waals surface area (Å²) in [5, 5.41) is 3.48. The number of nitrogens with zero attached hydrogens (tertiary/aromatic N) is 2. The first kappa shape index (κ1) is 17.0. The van der Waals surface area contributed by atoms with Gasteiger partial charge >= 0.3 is 0 Å². The van der Waals surface area contributed by atoms with Gasteiger partial charge < -0.3 is 5.32 Å². The largest absolute Gasteiger partial charge is 0.340 e. The minimum absolute atomic E-state index is 0.713. The highest BCUT2D eigenvalue weighted by molar-refractivity contribution is 5.70. The number of aryl methyl sites for hydroxylation is 2. The van der Waals surface area contributed by atoms with Crippen LogP contribution in [0.4, 0.5) is 11.5 Å². The number of hydrogen-bond donors (Lipinski definition) is 1. The molecule has 0 amide bonds. The fourth-order valence-corrected chi connectivity index (χ4v) is 2.99. The molecule has 0 saturated heterocycles. The van der Waals surface area contributed by atoms with Crippen molar-refractivity contribution in [1.29, 1.82) is 0 Å². The lowest BCUT2D eigenvalue weighted by molar-refractivity contribution is 1.17. The first-order valence-corrected chi connectivity index (χ1v) is 9.03. The third-order valence-electron chi connectivity index (χ3n) is 4.48. The maximum Gasteiger partial charge on any atom is 0.162 e. The van der Waals surface area contributed by atoms with Gasteiger partial charge in [0.1, 0.15) is 5.82 Å². The van der Waals surface area contributed by atoms with Gasteiger partial charge in [0, 0.05) is 22.9 Å². The van der Waals surface area contributed by atoms with E-state index in [0.717, 1.165) is 28.3 Å². The maximum atomic E-state index is 4.80. The second-order valence-electron chi connectivity index (χ2n) is 6.64. The topological polar surface area (TPSA) is 37.8 Å². The zero-order valence-corrected chi connectivity index (χ0v) is 15.5. The monoisotopic (exact) mass is 351 g/mol. The van der Waals surface area contributed by atoms with E-state index in [0.29, 0.717) is 5.82 Å². The lowest BCUT2D eigenvalue weighted by atomic mass is 10.1. The number of hydrogen-bond acceptors (Lipinski definition) is 3. The zero-order chi connectivity index (χ0) is 18.6. The number of anilines is 2. The van der Waals surface area contributed by atoms with Crippen LogP contribution >= 0.6 is 0 Å². The Morgan fingerprint density at radius 2 is 1.33 bits per heavy atom. The third-order valence-corrected chi connectivity index (χ3v) is 4.48. The van der Waals surface area contributed by atoms with Crippen LogP contribution < -0.4 is 5.32 Å². The molecule has 0 atom stereocenters. The van der Waals surface area contributed by atoms with Gasteiger partial charge in [-0.25, -0.2) is 9.97 Å². The van der Waals surface area contributed by atoms with E-state index in [1.807, 2.05) is 54.6 Å². The second-order valence-corrected chi connectivity index (χ2v) is 6.64. The van der Waals surface area contributed by atoms with Crippen LogP contribution in [0.1, 0.15) is 11.1 Å². The normalized spacial score (nSPS) is 10.6. The van der Waals surface area contributed by atoms with Crippen LogP contribution in [0, 0.1) is 13.8 Å². The molecule has 3 nitrogen and oxygen atoms in total. The lowest BCUT2D eigenvalue weighted by Gasteiger charge is -2.13. The van der Waals surface area contributed by atoms with E-state index in [9.17, 15) is 0 Å². The van der Waals surface area contributed by atoms with Crippen molar-refractivity contribution >= 4 is 11.5 Å². The standard InChI is InChI=1S/C24H21N3/c1-17-13-14-18(2)21(15-17)25-23-16-22(19-9-5-3-6-10-19)26-24(27-23)20-11-7-4-8-12-20/h3-16H,1-2H3,(H,25,26,27). The van der Waals surface area contributed by atoms with Crippen molar-refractivity contribution in [3.63, 3.8) is 0 Å². The summed E-state index contributed by atoms with van der Waals surface area (Å²) in [6.45, 7) is 4.19. The Balaban J connectivity index is 1.82. The van der Waals surface area contributed by atoms with Gasteiger partial charge in [0.2, 0.25) is 0 Å². The Hall–Kier alpha value is -3.46. The van der Waals surface area contributed by atoms with E-state index in [1.54, 1.807) is 0 Å². The molecule has 3 heteroatoms. The quantitative estimate of drug-likeness (QED) is 0.478. The molecule has 1 heterocycles. The molecule has 1 N–H and O–H groups in total. The molecule has 4 aromatic rings. The fraction of sp³-hybridized carbons (Fsp3) is 0.0833. The summed E-state index contributed by atoms with van der Waals surface area (Å²) in [7, 11) is 0. The van der Waals surface area contributed by atoms with Gasteiger partial charge in [0.25, 0.3) is 0 Å². The smallest absolute Gasteiger partial charge is 0.162 e. The van der Waals surface area contributed by atoms with Gasteiger partial charge in [-0.3, -0.25) is 0 Å². The Kier molecular flexibility index (Phi) is 4.67. The maximum absolute atomic E-state index is 4.80. The van der Waals surface area contributed by atoms with E-state index in [1.165, 1.54) is 11.1 Å². The lowest BCUT2D eigenvalue weighted by Crippen LogP contribution is -2.00. The zero-order valence-electron chi connectivity index (χ0n) is 15.5. The van der Waals surface area contributed by atoms with Crippen molar-refractivity contribution < 1.29 is 0 Å². The summed E-state index contributed by atoms with van der Waals surface area (Å²) in [6.07, 6.45) is 0. The first-order valence-electron chi connectivity index (χ1n) is 9.03. The number of aromatic nitrogens is 2. The van der Waals surface area contributed by atoms with E-state index in [2.05, 4.69) is 49.5 Å². The molecule has 0 aliphatic carbocycles. The summed E-state index contributed by atoms with van der Waals surface area (Å²) in [5.41, 5.74) is 6.43. The van der Waals surface area contributed by atoms with Crippen LogP contribution in [0.15, 0.2) is 84.9 Å². The minimum Gasteiger partial charge on any atom is -0.340 e. The average molecular weight is 351 g/mol. The molecule has 1 aromatic heterocycles. The highest BCUT2D eigenvalue weighted by Crippen LogP contribution is 2.27. The van der Waals surface area contributed by atoms with Crippen LogP contribution in [0.3, 0.4) is 0 Å². The summed E-state index contributed by atoms with van der Waals surface area (Å²) in [6, 6.07) is 28.7. The van der Waals surface area contributed by atoms with E-state index in [-0.39, 0.29) is 0 Å². The Bertz CT molecular complexity index is 1000. The molecule has 0 aliphatic rings. The average Bonchev–Trinajstić information content (AvgIpc) is 2.72. The van der Waals surface area contributed by atoms with Gasteiger partial charge in [-0.15, -0.1) is 0 Å². The van der Waals surface area contributed by atoms with Gasteiger partial charge in [-0.1, -0.05) is 72.8 Å². The van der Waals surface area contributed by atoms with Crippen LogP contribution in [-0.2, 0) is 0 Å². The van der Waals surface area contributed by atoms with Crippen LogP contribution in [0.2, 0.25) is 0 Å². The molecule has 0 saturated carbocycles. The van der Waals surface area contributed by atoms with E-state index >= 15 is 0 Å². The van der Waals surface area contributed by atoms with Crippen molar-refractivity contribution in [3.8, 4) is 22.6 Å². The van der Waals surface area contributed by atoms with Crippen molar-refractivity contribution in [2.75, 3.05) is 5.32 Å². The second kappa shape index (κ2) is 7.42. The molecular formula is C24H21N3. The summed E-state index contributed by atoms with van der Waals surface area (Å²) < 4.78 is 0. The molecular weight excluding hydrogens is 330 g/mol. The molecule has 0 unspecified atom stereocenters. The SMILES string of the molecule is Cc1ccc(C)c(Nc2cc(-c3ccccc3)nc(-c3ccccc3)n2)c1. The Labute approximate surface area is 159 Å². The predicted octanol–water partition coefficient (Wildman–Crippen LogP) is 6.17. The predicted molar refractivity (Wildman–Crippen MR) is 112 cm³/mol. The van der Waals surface area contributed by atoms with Gasteiger partial charge in [0.05, 0.1) is 5.69 Å². The van der Waals surface area contributed by atoms with Gasteiger partial charge in [-0.2, -0.15) is 0 Å². The Morgan fingerprint density at radius 1 is 0.667 bits per heavy atom. The fourth-order valence-electron chi connectivity index (χ4n) is 2.99. The number of nitrogens with one attached hydrogen (secondary N) is 1. The highest BCUT2D eigenvalue weighted by Gasteiger charge is 2.10. The summed E-state index contributed by atoms with van der Waals surface area (Å²) >= 11 is 0. The Morgan fingerprint density at radius 3 is 2.04 bits per heavy atom. The molecule has 0 aliphatic heterocycles. The van der Waals surface area contributed by atoms with Crippen LogP contribution in [0.25, 0.3) is 22.6 Å². The molecule has 4 rings (SSSR count). The molecule has 3 aromatic carbocycles. The summed E-state index contributed by atoms with van der Waals surface area (Å²) in [5.74, 6) is 1.50. The third kappa shape index (κ3) is 3.87. The molecule has 0 bridgehead atoms. The van der Waals surface area contributed by atoms with E-state index < -0.39 is 0 Å². The molecule has 0 fully saturated rings. The van der Waals surface area contributed by atoms with Crippen molar-refractivity contribution in [2.24, 2.45) is 0 Å². The minimum atomic E-state index is 0.713. The van der Waals surface area contributed by atoms with Gasteiger partial charge in [0.15, 0.2) is 5.82 Å². The number of rotatable bonds is 4. The molecule has 0 radical (unpaired) electrons. The molecule has 0 spiro atoms. The van der Waals surface area contributed by atoms with Crippen molar-refractivity contribution in [2.45, 2.75) is 13.8 Å². The van der Waals surface area contributed by atoms with Crippen LogP contribution in [0.5, 0.6) is 0 Å². The van der Waals surface area contributed by atoms with Crippen molar-refractivity contribution in [3.05, 3.63) is 96.1 Å². The van der Waals surface area contributed by atoms with Crippen LogP contribution in [-0.4, -0.2) is 9.97 Å². The number of benzene rings is 3. The first-order chi connectivity index (χ1) is 13.2.